The van der Waals surface area contributed by atoms with E-state index in [1.54, 1.807) is 11.3 Å². The van der Waals surface area contributed by atoms with Crippen LogP contribution < -0.4 is 4.80 Å². The minimum Gasteiger partial charge on any atom is -0.319 e. The lowest BCUT2D eigenvalue weighted by Crippen LogP contribution is -2.13. The largest absolute Gasteiger partial charge is 0.319 e. The Kier molecular flexibility index (Phi) is 4.95. The number of benzene rings is 2. The second-order valence-corrected chi connectivity index (χ2v) is 7.09. The van der Waals surface area contributed by atoms with Crippen LogP contribution in [0.15, 0.2) is 47.5 Å². The number of aryl methyl sites for hydroxylation is 3. The molecule has 0 saturated carbocycles. The first-order chi connectivity index (χ1) is 11.6. The maximum Gasteiger partial charge on any atom is 0.279 e. The molecule has 0 N–H and O–H groups in total. The number of unbranched alkanes of at least 4 members (excludes halogenated alkanes) is 1. The van der Waals surface area contributed by atoms with Crippen molar-refractivity contribution in [2.75, 3.05) is 0 Å². The molecule has 1 heterocycles. The zero-order valence-corrected chi connectivity index (χ0v) is 15.2. The molecule has 124 valence electrons. The third-order valence-corrected chi connectivity index (χ3v) is 5.36. The lowest BCUT2D eigenvalue weighted by Gasteiger charge is -2.01. The molecule has 0 spiro atoms. The molecule has 3 nitrogen and oxygen atoms in total. The zero-order chi connectivity index (χ0) is 17.1. The molecule has 0 unspecified atom stereocenters. The van der Waals surface area contributed by atoms with Gasteiger partial charge in [-0.15, -0.1) is 0 Å². The number of hydrogen-bond donors (Lipinski definition) is 0. The molecule has 24 heavy (non-hydrogen) atoms. The van der Waals surface area contributed by atoms with Crippen molar-refractivity contribution in [1.82, 2.24) is 4.57 Å². The minimum atomic E-state index is -0.179. The molecule has 0 aliphatic carbocycles. The highest BCUT2D eigenvalue weighted by molar-refractivity contribution is 7.16. The highest BCUT2D eigenvalue weighted by Gasteiger charge is 2.09. The Bertz CT molecular complexity index is 950. The minimum absolute atomic E-state index is 0.179. The third kappa shape index (κ3) is 3.34. The Hall–Kier alpha value is -2.20. The van der Waals surface area contributed by atoms with Gasteiger partial charge in [-0.25, -0.2) is 0 Å². The number of amides is 1. The molecule has 3 aromatic rings. The van der Waals surface area contributed by atoms with Gasteiger partial charge in [0.15, 0.2) is 4.80 Å². The summed E-state index contributed by atoms with van der Waals surface area (Å²) in [6, 6.07) is 14.1. The molecule has 1 amide bonds. The van der Waals surface area contributed by atoms with Crippen LogP contribution in [0, 0.1) is 6.92 Å². The van der Waals surface area contributed by atoms with Crippen LogP contribution in [-0.2, 0) is 13.5 Å². The summed E-state index contributed by atoms with van der Waals surface area (Å²) in [6.07, 6.45) is 3.50. The van der Waals surface area contributed by atoms with Crippen LogP contribution in [0.3, 0.4) is 0 Å². The average Bonchev–Trinajstić information content (AvgIpc) is 2.88. The van der Waals surface area contributed by atoms with E-state index in [2.05, 4.69) is 30.1 Å². The maximum atomic E-state index is 12.5. The number of carbonyl (C=O) groups is 1. The molecule has 0 atom stereocenters. The fourth-order valence-corrected chi connectivity index (χ4v) is 3.86. The van der Waals surface area contributed by atoms with Gasteiger partial charge in [0.1, 0.15) is 0 Å². The summed E-state index contributed by atoms with van der Waals surface area (Å²) in [5, 5.41) is 0. The van der Waals surface area contributed by atoms with Gasteiger partial charge in [0.05, 0.1) is 10.2 Å². The summed E-state index contributed by atoms with van der Waals surface area (Å²) in [4.78, 5) is 17.6. The Morgan fingerprint density at radius 3 is 2.75 bits per heavy atom. The Morgan fingerprint density at radius 2 is 2.00 bits per heavy atom. The highest BCUT2D eigenvalue weighted by atomic mass is 32.1. The van der Waals surface area contributed by atoms with Crippen LogP contribution in [0.4, 0.5) is 0 Å². The molecule has 3 rings (SSSR count). The number of rotatable bonds is 4. The smallest absolute Gasteiger partial charge is 0.279 e. The van der Waals surface area contributed by atoms with Gasteiger partial charge in [-0.3, -0.25) is 4.79 Å². The van der Waals surface area contributed by atoms with E-state index in [-0.39, 0.29) is 5.91 Å². The molecule has 2 aromatic carbocycles. The van der Waals surface area contributed by atoms with Crippen molar-refractivity contribution in [3.63, 3.8) is 0 Å². The molecule has 1 aromatic heterocycles. The molecule has 4 heteroatoms. The summed E-state index contributed by atoms with van der Waals surface area (Å²) >= 11 is 1.58. The Balaban J connectivity index is 2.01. The van der Waals surface area contributed by atoms with Gasteiger partial charge in [-0.05, 0) is 49.1 Å². The zero-order valence-electron chi connectivity index (χ0n) is 14.4. The Morgan fingerprint density at radius 1 is 1.21 bits per heavy atom. The molecular weight excluding hydrogens is 316 g/mol. The summed E-state index contributed by atoms with van der Waals surface area (Å²) in [5.74, 6) is -0.179. The monoisotopic (exact) mass is 338 g/mol. The SMILES string of the molecule is CCCCc1ccc2c(c1)sc(=NC(=O)c1ccccc1C)n2C. The number of hydrogen-bond acceptors (Lipinski definition) is 2. The maximum absolute atomic E-state index is 12.5. The number of fused-ring (bicyclic) bond motifs is 1. The van der Waals surface area contributed by atoms with Crippen molar-refractivity contribution in [3.8, 4) is 0 Å². The fraction of sp³-hybridized carbons (Fsp3) is 0.300. The van der Waals surface area contributed by atoms with E-state index in [0.29, 0.717) is 5.56 Å². The van der Waals surface area contributed by atoms with Gasteiger partial charge in [0.2, 0.25) is 0 Å². The third-order valence-electron chi connectivity index (χ3n) is 4.27. The highest BCUT2D eigenvalue weighted by Crippen LogP contribution is 2.20. The number of thiazole rings is 1. The summed E-state index contributed by atoms with van der Waals surface area (Å²) in [5.41, 5.74) is 4.09. The van der Waals surface area contributed by atoms with Crippen molar-refractivity contribution >= 4 is 27.5 Å². The molecule has 0 bridgehead atoms. The van der Waals surface area contributed by atoms with Crippen LogP contribution in [0.25, 0.3) is 10.2 Å². The second kappa shape index (κ2) is 7.14. The van der Waals surface area contributed by atoms with E-state index in [0.717, 1.165) is 22.3 Å². The number of aromatic nitrogens is 1. The van der Waals surface area contributed by atoms with Gasteiger partial charge >= 0.3 is 0 Å². The predicted octanol–water partition coefficient (Wildman–Crippen LogP) is 4.63. The summed E-state index contributed by atoms with van der Waals surface area (Å²) in [6.45, 7) is 4.14. The van der Waals surface area contributed by atoms with Crippen molar-refractivity contribution in [1.29, 1.82) is 0 Å². The molecular formula is C20H22N2OS. The number of carbonyl (C=O) groups excluding carboxylic acids is 1. The van der Waals surface area contributed by atoms with Gasteiger partial charge in [0.25, 0.3) is 5.91 Å². The van der Waals surface area contributed by atoms with Gasteiger partial charge in [0, 0.05) is 12.6 Å². The van der Waals surface area contributed by atoms with Gasteiger partial charge in [-0.2, -0.15) is 4.99 Å². The normalized spacial score (nSPS) is 12.0. The Labute approximate surface area is 146 Å². The van der Waals surface area contributed by atoms with E-state index in [1.165, 1.54) is 23.1 Å². The lowest BCUT2D eigenvalue weighted by molar-refractivity contribution is 0.0997. The molecule has 0 saturated heterocycles. The van der Waals surface area contributed by atoms with Crippen LogP contribution in [0.1, 0.15) is 41.3 Å². The van der Waals surface area contributed by atoms with Gasteiger partial charge < -0.3 is 4.57 Å². The quantitative estimate of drug-likeness (QED) is 0.683. The van der Waals surface area contributed by atoms with Crippen LogP contribution in [0.5, 0.6) is 0 Å². The van der Waals surface area contributed by atoms with Crippen molar-refractivity contribution in [3.05, 3.63) is 64.0 Å². The summed E-state index contributed by atoms with van der Waals surface area (Å²) < 4.78 is 3.18. The van der Waals surface area contributed by atoms with E-state index in [1.807, 2.05) is 42.8 Å². The van der Waals surface area contributed by atoms with E-state index in [9.17, 15) is 4.79 Å². The fourth-order valence-electron chi connectivity index (χ4n) is 2.78. The van der Waals surface area contributed by atoms with Crippen LogP contribution in [0.2, 0.25) is 0 Å². The topological polar surface area (TPSA) is 34.4 Å². The number of nitrogens with zero attached hydrogens (tertiary/aromatic N) is 2. The van der Waals surface area contributed by atoms with Gasteiger partial charge in [-0.1, -0.05) is 48.9 Å². The standard InChI is InChI=1S/C20H22N2OS/c1-4-5-9-15-11-12-17-18(13-15)24-20(22(17)3)21-19(23)16-10-7-6-8-14(16)2/h6-8,10-13H,4-5,9H2,1-3H3. The molecule has 0 aliphatic rings. The molecule has 0 aliphatic heterocycles. The van der Waals surface area contributed by atoms with E-state index in [4.69, 9.17) is 0 Å². The van der Waals surface area contributed by atoms with Crippen molar-refractivity contribution in [2.24, 2.45) is 12.0 Å². The average molecular weight is 338 g/mol. The molecule has 0 fully saturated rings. The van der Waals surface area contributed by atoms with Crippen LogP contribution >= 0.6 is 11.3 Å². The second-order valence-electron chi connectivity index (χ2n) is 6.08. The first-order valence-electron chi connectivity index (χ1n) is 8.33. The van der Waals surface area contributed by atoms with E-state index < -0.39 is 0 Å². The molecule has 0 radical (unpaired) electrons. The van der Waals surface area contributed by atoms with Crippen molar-refractivity contribution < 1.29 is 4.79 Å². The predicted molar refractivity (Wildman–Crippen MR) is 100 cm³/mol. The summed E-state index contributed by atoms with van der Waals surface area (Å²) in [7, 11) is 1.97. The lowest BCUT2D eigenvalue weighted by atomic mass is 10.1. The van der Waals surface area contributed by atoms with Crippen molar-refractivity contribution in [2.45, 2.75) is 33.1 Å². The first kappa shape index (κ1) is 16.7. The van der Waals surface area contributed by atoms with Crippen LogP contribution in [-0.4, -0.2) is 10.5 Å². The van der Waals surface area contributed by atoms with E-state index >= 15 is 0 Å². The first-order valence-corrected chi connectivity index (χ1v) is 9.15.